The summed E-state index contributed by atoms with van der Waals surface area (Å²) >= 11 is 0. The number of nitrogens with one attached hydrogen (secondary N) is 1. The number of piperidine rings is 1. The van der Waals surface area contributed by atoms with Gasteiger partial charge in [-0.1, -0.05) is 30.3 Å². The fourth-order valence-corrected chi connectivity index (χ4v) is 3.67. The summed E-state index contributed by atoms with van der Waals surface area (Å²) in [6, 6.07) is 10.9. The van der Waals surface area contributed by atoms with E-state index in [1.807, 2.05) is 11.8 Å². The van der Waals surface area contributed by atoms with Crippen LogP contribution in [0.1, 0.15) is 25.3 Å². The van der Waals surface area contributed by atoms with Crippen molar-refractivity contribution in [2.24, 2.45) is 5.92 Å². The molecule has 0 aromatic heterocycles. The second-order valence-electron chi connectivity index (χ2n) is 7.03. The van der Waals surface area contributed by atoms with Gasteiger partial charge in [0.1, 0.15) is 0 Å². The highest BCUT2D eigenvalue weighted by molar-refractivity contribution is 5.74. The predicted octanol–water partition coefficient (Wildman–Crippen LogP) is 2.33. The van der Waals surface area contributed by atoms with E-state index in [2.05, 4.69) is 40.5 Å². The number of likely N-dealkylation sites (tertiary alicyclic amines) is 1. The van der Waals surface area contributed by atoms with Crippen molar-refractivity contribution in [2.45, 2.75) is 32.4 Å². The molecule has 0 saturated carbocycles. The molecule has 1 N–H and O–H groups in total. The summed E-state index contributed by atoms with van der Waals surface area (Å²) in [6.45, 7) is 8.01. The zero-order valence-electron chi connectivity index (χ0n) is 14.6. The Kier molecular flexibility index (Phi) is 6.10. The van der Waals surface area contributed by atoms with Gasteiger partial charge in [-0.25, -0.2) is 4.79 Å². The second kappa shape index (κ2) is 8.49. The van der Waals surface area contributed by atoms with Crippen LogP contribution < -0.4 is 5.32 Å². The average Bonchev–Trinajstić information content (AvgIpc) is 2.61. The molecule has 2 atom stereocenters. The highest BCUT2D eigenvalue weighted by atomic mass is 16.5. The Morgan fingerprint density at radius 3 is 2.92 bits per heavy atom. The number of amides is 2. The summed E-state index contributed by atoms with van der Waals surface area (Å²) in [5.74, 6) is 0.544. The number of carbonyl (C=O) groups excluding carboxylic acids is 1. The Bertz CT molecular complexity index is 523. The molecule has 2 amide bonds. The van der Waals surface area contributed by atoms with Crippen LogP contribution in [0.4, 0.5) is 4.79 Å². The normalized spacial score (nSPS) is 25.5. The van der Waals surface area contributed by atoms with Crippen molar-refractivity contribution in [2.75, 3.05) is 39.4 Å². The van der Waals surface area contributed by atoms with E-state index in [4.69, 9.17) is 4.74 Å². The number of carbonyl (C=O) groups is 1. The Balaban J connectivity index is 1.44. The van der Waals surface area contributed by atoms with Crippen molar-refractivity contribution in [1.29, 1.82) is 0 Å². The molecule has 24 heavy (non-hydrogen) atoms. The molecule has 2 aliphatic rings. The van der Waals surface area contributed by atoms with E-state index in [1.54, 1.807) is 0 Å². The smallest absolute Gasteiger partial charge is 0.317 e. The number of urea groups is 1. The SMILES string of the molecule is C[C@@H]1COCCN1C(=O)NC[C@H]1CCCN(Cc2ccccc2)C1. The van der Waals surface area contributed by atoms with Crippen molar-refractivity contribution in [1.82, 2.24) is 15.1 Å². The molecule has 1 aromatic rings. The number of morpholine rings is 1. The van der Waals surface area contributed by atoms with E-state index in [9.17, 15) is 4.79 Å². The van der Waals surface area contributed by atoms with Crippen LogP contribution in [0.25, 0.3) is 0 Å². The number of nitrogens with zero attached hydrogens (tertiary/aromatic N) is 2. The first kappa shape index (κ1) is 17.2. The molecule has 132 valence electrons. The number of hydrogen-bond acceptors (Lipinski definition) is 3. The highest BCUT2D eigenvalue weighted by Crippen LogP contribution is 2.18. The lowest BCUT2D eigenvalue weighted by atomic mass is 9.97. The van der Waals surface area contributed by atoms with Crippen LogP contribution in [0.5, 0.6) is 0 Å². The summed E-state index contributed by atoms with van der Waals surface area (Å²) in [6.07, 6.45) is 2.41. The van der Waals surface area contributed by atoms with Crippen LogP contribution in [0.15, 0.2) is 30.3 Å². The summed E-state index contributed by atoms with van der Waals surface area (Å²) in [5, 5.41) is 3.14. The maximum absolute atomic E-state index is 12.4. The molecular weight excluding hydrogens is 302 g/mol. The molecule has 2 heterocycles. The molecule has 5 nitrogen and oxygen atoms in total. The third-order valence-corrected chi connectivity index (χ3v) is 5.02. The number of rotatable bonds is 4. The summed E-state index contributed by atoms with van der Waals surface area (Å²) in [5.41, 5.74) is 1.37. The van der Waals surface area contributed by atoms with E-state index in [0.29, 0.717) is 25.7 Å². The number of hydrogen-bond donors (Lipinski definition) is 1. The standard InChI is InChI=1S/C19H29N3O2/c1-16-15-24-11-10-22(16)19(23)20-12-18-8-5-9-21(14-18)13-17-6-3-2-4-7-17/h2-4,6-7,16,18H,5,8-15H2,1H3,(H,20,23)/t16-,18-/m1/s1. The lowest BCUT2D eigenvalue weighted by Gasteiger charge is -2.35. The lowest BCUT2D eigenvalue weighted by Crippen LogP contribution is -2.52. The van der Waals surface area contributed by atoms with Gasteiger partial charge in [0.2, 0.25) is 0 Å². The van der Waals surface area contributed by atoms with Crippen molar-refractivity contribution in [3.8, 4) is 0 Å². The lowest BCUT2D eigenvalue weighted by molar-refractivity contribution is 0.0186. The van der Waals surface area contributed by atoms with Crippen LogP contribution in [0.2, 0.25) is 0 Å². The van der Waals surface area contributed by atoms with Crippen molar-refractivity contribution in [3.63, 3.8) is 0 Å². The molecule has 0 spiro atoms. The minimum Gasteiger partial charge on any atom is -0.377 e. The minimum atomic E-state index is 0.0611. The largest absolute Gasteiger partial charge is 0.377 e. The molecule has 0 aliphatic carbocycles. The van der Waals surface area contributed by atoms with Gasteiger partial charge in [-0.05, 0) is 37.8 Å². The third kappa shape index (κ3) is 4.71. The Labute approximate surface area is 145 Å². The van der Waals surface area contributed by atoms with Crippen LogP contribution in [0, 0.1) is 5.92 Å². The zero-order valence-corrected chi connectivity index (χ0v) is 14.6. The van der Waals surface area contributed by atoms with E-state index < -0.39 is 0 Å². The molecule has 2 saturated heterocycles. The van der Waals surface area contributed by atoms with Gasteiger partial charge in [0.05, 0.1) is 19.3 Å². The van der Waals surface area contributed by atoms with Gasteiger partial charge in [-0.2, -0.15) is 0 Å². The van der Waals surface area contributed by atoms with Gasteiger partial charge in [0.25, 0.3) is 0 Å². The molecule has 3 rings (SSSR count). The van der Waals surface area contributed by atoms with Crippen molar-refractivity contribution >= 4 is 6.03 Å². The zero-order chi connectivity index (χ0) is 16.8. The first-order valence-corrected chi connectivity index (χ1v) is 9.11. The van der Waals surface area contributed by atoms with Crippen molar-refractivity contribution < 1.29 is 9.53 Å². The van der Waals surface area contributed by atoms with Crippen LogP contribution in [-0.2, 0) is 11.3 Å². The minimum absolute atomic E-state index is 0.0611. The highest BCUT2D eigenvalue weighted by Gasteiger charge is 2.25. The molecule has 5 heteroatoms. The van der Waals surface area contributed by atoms with E-state index in [0.717, 1.165) is 26.2 Å². The first-order chi connectivity index (χ1) is 11.7. The third-order valence-electron chi connectivity index (χ3n) is 5.02. The maximum atomic E-state index is 12.4. The monoisotopic (exact) mass is 331 g/mol. The first-order valence-electron chi connectivity index (χ1n) is 9.11. The van der Waals surface area contributed by atoms with Crippen LogP contribution in [0.3, 0.4) is 0 Å². The molecule has 2 aliphatic heterocycles. The average molecular weight is 331 g/mol. The Hall–Kier alpha value is -1.59. The van der Waals surface area contributed by atoms with Gasteiger partial charge in [-0.3, -0.25) is 4.90 Å². The van der Waals surface area contributed by atoms with Gasteiger partial charge in [-0.15, -0.1) is 0 Å². The van der Waals surface area contributed by atoms with Crippen molar-refractivity contribution in [3.05, 3.63) is 35.9 Å². The number of ether oxygens (including phenoxy) is 1. The van der Waals surface area contributed by atoms with Crippen LogP contribution in [-0.4, -0.2) is 61.3 Å². The Morgan fingerprint density at radius 2 is 2.12 bits per heavy atom. The fourth-order valence-electron chi connectivity index (χ4n) is 3.67. The molecule has 0 radical (unpaired) electrons. The van der Waals surface area contributed by atoms with E-state index >= 15 is 0 Å². The van der Waals surface area contributed by atoms with Gasteiger partial charge in [0.15, 0.2) is 0 Å². The fraction of sp³-hybridized carbons (Fsp3) is 0.632. The molecular formula is C19H29N3O2. The quantitative estimate of drug-likeness (QED) is 0.921. The summed E-state index contributed by atoms with van der Waals surface area (Å²) < 4.78 is 5.40. The molecule has 2 fully saturated rings. The van der Waals surface area contributed by atoms with E-state index in [1.165, 1.54) is 18.4 Å². The predicted molar refractivity (Wildman–Crippen MR) is 94.8 cm³/mol. The summed E-state index contributed by atoms with van der Waals surface area (Å²) in [4.78, 5) is 16.8. The summed E-state index contributed by atoms with van der Waals surface area (Å²) in [7, 11) is 0. The molecule has 1 aromatic carbocycles. The second-order valence-corrected chi connectivity index (χ2v) is 7.03. The molecule has 0 bridgehead atoms. The van der Waals surface area contributed by atoms with E-state index in [-0.39, 0.29) is 12.1 Å². The topological polar surface area (TPSA) is 44.8 Å². The number of benzene rings is 1. The van der Waals surface area contributed by atoms with Crippen LogP contribution >= 0.6 is 0 Å². The maximum Gasteiger partial charge on any atom is 0.317 e. The Morgan fingerprint density at radius 1 is 1.29 bits per heavy atom. The van der Waals surface area contributed by atoms with Gasteiger partial charge >= 0.3 is 6.03 Å². The van der Waals surface area contributed by atoms with Gasteiger partial charge in [0, 0.05) is 26.2 Å². The van der Waals surface area contributed by atoms with Gasteiger partial charge < -0.3 is 15.0 Å². The molecule has 0 unspecified atom stereocenters.